The van der Waals surface area contributed by atoms with Crippen molar-refractivity contribution in [2.75, 3.05) is 33.8 Å². The van der Waals surface area contributed by atoms with Crippen LogP contribution in [0, 0.1) is 5.41 Å². The van der Waals surface area contributed by atoms with Gasteiger partial charge < -0.3 is 4.90 Å². The maximum Gasteiger partial charge on any atom is 0.253 e. The Bertz CT molecular complexity index is 258. The van der Waals surface area contributed by atoms with Crippen LogP contribution in [0.15, 0.2) is 0 Å². The van der Waals surface area contributed by atoms with E-state index in [2.05, 4.69) is 4.90 Å². The second-order valence-corrected chi connectivity index (χ2v) is 5.10. The van der Waals surface area contributed by atoms with E-state index >= 15 is 0 Å². The molecule has 1 aliphatic carbocycles. The van der Waals surface area contributed by atoms with Crippen molar-refractivity contribution < 1.29 is 9.63 Å². The van der Waals surface area contributed by atoms with Crippen molar-refractivity contribution >= 4 is 5.91 Å². The Kier molecular flexibility index (Phi) is 3.50. The molecule has 0 aromatic rings. The van der Waals surface area contributed by atoms with E-state index in [1.807, 2.05) is 0 Å². The maximum atomic E-state index is 12.1. The number of piperidine rings is 1. The predicted molar refractivity (Wildman–Crippen MR) is 61.7 cm³/mol. The molecule has 0 radical (unpaired) electrons. The van der Waals surface area contributed by atoms with Crippen molar-refractivity contribution in [3.05, 3.63) is 0 Å². The Labute approximate surface area is 97.5 Å². The highest BCUT2D eigenvalue weighted by Gasteiger charge is 2.52. The molecule has 0 N–H and O–H groups in total. The molecular weight excluding hydrogens is 204 g/mol. The molecule has 0 bridgehead atoms. The van der Waals surface area contributed by atoms with Gasteiger partial charge in [-0.15, -0.1) is 0 Å². The summed E-state index contributed by atoms with van der Waals surface area (Å²) in [7, 11) is 3.26. The monoisotopic (exact) mass is 226 g/mol. The van der Waals surface area contributed by atoms with Gasteiger partial charge >= 0.3 is 0 Å². The van der Waals surface area contributed by atoms with E-state index in [0.717, 1.165) is 32.5 Å². The van der Waals surface area contributed by atoms with E-state index in [4.69, 9.17) is 4.84 Å². The summed E-state index contributed by atoms with van der Waals surface area (Å²) < 4.78 is 0. The van der Waals surface area contributed by atoms with Crippen LogP contribution in [0.3, 0.4) is 0 Å². The topological polar surface area (TPSA) is 32.8 Å². The molecule has 1 amide bonds. The molecule has 2 rings (SSSR count). The molecule has 0 aromatic carbocycles. The Morgan fingerprint density at radius 3 is 2.44 bits per heavy atom. The van der Waals surface area contributed by atoms with E-state index in [1.165, 1.54) is 24.3 Å². The lowest BCUT2D eigenvalue weighted by Crippen LogP contribution is -2.42. The third kappa shape index (κ3) is 2.38. The standard InChI is InChI=1S/C12H22N2O2/c1-13(16-2)11(15)12(6-7-12)10-14-8-4-3-5-9-14/h3-10H2,1-2H3. The van der Waals surface area contributed by atoms with E-state index in [1.54, 1.807) is 14.2 Å². The molecule has 92 valence electrons. The summed E-state index contributed by atoms with van der Waals surface area (Å²) in [6.07, 6.45) is 5.95. The van der Waals surface area contributed by atoms with Crippen LogP contribution in [0.2, 0.25) is 0 Å². The van der Waals surface area contributed by atoms with E-state index in [0.29, 0.717) is 0 Å². The van der Waals surface area contributed by atoms with E-state index in [9.17, 15) is 4.79 Å². The summed E-state index contributed by atoms with van der Waals surface area (Å²) >= 11 is 0. The van der Waals surface area contributed by atoms with Gasteiger partial charge in [0, 0.05) is 13.6 Å². The van der Waals surface area contributed by atoms with Crippen molar-refractivity contribution in [3.8, 4) is 0 Å². The number of carbonyl (C=O) groups excluding carboxylic acids is 1. The molecule has 0 aromatic heterocycles. The van der Waals surface area contributed by atoms with Crippen LogP contribution < -0.4 is 0 Å². The lowest BCUT2D eigenvalue weighted by atomic mass is 10.0. The average molecular weight is 226 g/mol. The minimum absolute atomic E-state index is 0.123. The SMILES string of the molecule is CON(C)C(=O)C1(CN2CCCCC2)CC1. The number of carbonyl (C=O) groups is 1. The fourth-order valence-corrected chi connectivity index (χ4v) is 2.55. The van der Waals surface area contributed by atoms with Crippen molar-refractivity contribution in [3.63, 3.8) is 0 Å². The summed E-state index contributed by atoms with van der Waals surface area (Å²) in [6, 6.07) is 0. The van der Waals surface area contributed by atoms with Gasteiger partial charge in [-0.25, -0.2) is 5.06 Å². The van der Waals surface area contributed by atoms with Crippen molar-refractivity contribution in [2.45, 2.75) is 32.1 Å². The Morgan fingerprint density at radius 2 is 1.94 bits per heavy atom. The van der Waals surface area contributed by atoms with Gasteiger partial charge in [0.25, 0.3) is 5.91 Å². The first kappa shape index (κ1) is 11.9. The molecule has 1 aliphatic heterocycles. The van der Waals surface area contributed by atoms with Crippen LogP contribution in [-0.2, 0) is 9.63 Å². The molecule has 16 heavy (non-hydrogen) atoms. The number of hydroxylamine groups is 2. The van der Waals surface area contributed by atoms with Crippen molar-refractivity contribution in [2.24, 2.45) is 5.41 Å². The molecule has 4 nitrogen and oxygen atoms in total. The Hall–Kier alpha value is -0.610. The minimum Gasteiger partial charge on any atom is -0.302 e. The number of nitrogens with zero attached hydrogens (tertiary/aromatic N) is 2. The molecular formula is C12H22N2O2. The van der Waals surface area contributed by atoms with Gasteiger partial charge in [0.2, 0.25) is 0 Å². The largest absolute Gasteiger partial charge is 0.302 e. The van der Waals surface area contributed by atoms with Crippen LogP contribution in [0.1, 0.15) is 32.1 Å². The second-order valence-electron chi connectivity index (χ2n) is 5.10. The molecule has 0 unspecified atom stereocenters. The third-order valence-corrected chi connectivity index (χ3v) is 3.84. The number of rotatable bonds is 4. The first-order chi connectivity index (χ1) is 7.68. The molecule has 1 heterocycles. The lowest BCUT2D eigenvalue weighted by Gasteiger charge is -2.31. The van der Waals surface area contributed by atoms with Gasteiger partial charge in [-0.2, -0.15) is 0 Å². The Morgan fingerprint density at radius 1 is 1.31 bits per heavy atom. The number of hydrogen-bond donors (Lipinski definition) is 0. The normalized spacial score (nSPS) is 24.1. The number of likely N-dealkylation sites (tertiary alicyclic amines) is 1. The molecule has 0 spiro atoms. The molecule has 1 saturated carbocycles. The van der Waals surface area contributed by atoms with Gasteiger partial charge in [-0.1, -0.05) is 6.42 Å². The van der Waals surface area contributed by atoms with Gasteiger partial charge in [-0.3, -0.25) is 9.63 Å². The third-order valence-electron chi connectivity index (χ3n) is 3.84. The maximum absolute atomic E-state index is 12.1. The van der Waals surface area contributed by atoms with Gasteiger partial charge in [0.1, 0.15) is 0 Å². The van der Waals surface area contributed by atoms with Crippen LogP contribution in [0.25, 0.3) is 0 Å². The van der Waals surface area contributed by atoms with Crippen LogP contribution in [0.5, 0.6) is 0 Å². The molecule has 2 fully saturated rings. The fraction of sp³-hybridized carbons (Fsp3) is 0.917. The van der Waals surface area contributed by atoms with Crippen LogP contribution in [-0.4, -0.2) is 49.7 Å². The van der Waals surface area contributed by atoms with Crippen LogP contribution in [0.4, 0.5) is 0 Å². The first-order valence-electron chi connectivity index (χ1n) is 6.23. The highest BCUT2D eigenvalue weighted by atomic mass is 16.7. The van der Waals surface area contributed by atoms with E-state index in [-0.39, 0.29) is 11.3 Å². The summed E-state index contributed by atoms with van der Waals surface area (Å²) in [4.78, 5) is 19.5. The summed E-state index contributed by atoms with van der Waals surface area (Å²) in [5.41, 5.74) is -0.123. The van der Waals surface area contributed by atoms with E-state index < -0.39 is 0 Å². The fourth-order valence-electron chi connectivity index (χ4n) is 2.55. The number of amides is 1. The zero-order valence-electron chi connectivity index (χ0n) is 10.4. The number of hydrogen-bond acceptors (Lipinski definition) is 3. The average Bonchev–Trinajstić information content (AvgIpc) is 3.09. The summed E-state index contributed by atoms with van der Waals surface area (Å²) in [5.74, 6) is 0.153. The Balaban J connectivity index is 1.89. The molecule has 0 atom stereocenters. The summed E-state index contributed by atoms with van der Waals surface area (Å²) in [6.45, 7) is 3.25. The zero-order valence-corrected chi connectivity index (χ0v) is 10.4. The minimum atomic E-state index is -0.123. The molecule has 2 aliphatic rings. The second kappa shape index (κ2) is 4.72. The van der Waals surface area contributed by atoms with Crippen molar-refractivity contribution in [1.82, 2.24) is 9.96 Å². The highest BCUT2D eigenvalue weighted by Crippen LogP contribution is 2.48. The highest BCUT2D eigenvalue weighted by molar-refractivity contribution is 5.84. The smallest absolute Gasteiger partial charge is 0.253 e. The first-order valence-corrected chi connectivity index (χ1v) is 6.23. The quantitative estimate of drug-likeness (QED) is 0.677. The van der Waals surface area contributed by atoms with Gasteiger partial charge in [0.15, 0.2) is 0 Å². The lowest BCUT2D eigenvalue weighted by molar-refractivity contribution is -0.175. The molecule has 1 saturated heterocycles. The van der Waals surface area contributed by atoms with Crippen LogP contribution >= 0.6 is 0 Å². The van der Waals surface area contributed by atoms with Gasteiger partial charge in [0.05, 0.1) is 12.5 Å². The van der Waals surface area contributed by atoms with Gasteiger partial charge in [-0.05, 0) is 38.8 Å². The predicted octanol–water partition coefficient (Wildman–Crippen LogP) is 1.27. The summed E-state index contributed by atoms with van der Waals surface area (Å²) in [5, 5.41) is 1.39. The molecule has 4 heteroatoms. The van der Waals surface area contributed by atoms with Crippen molar-refractivity contribution in [1.29, 1.82) is 0 Å². The zero-order chi connectivity index (χ0) is 11.6.